The van der Waals surface area contributed by atoms with E-state index in [0.29, 0.717) is 6.04 Å². The first-order chi connectivity index (χ1) is 7.27. The van der Waals surface area contributed by atoms with Crippen molar-refractivity contribution in [2.45, 2.75) is 25.4 Å². The van der Waals surface area contributed by atoms with E-state index >= 15 is 0 Å². The van der Waals surface area contributed by atoms with Gasteiger partial charge in [0.25, 0.3) is 0 Å². The molecule has 0 saturated carbocycles. The summed E-state index contributed by atoms with van der Waals surface area (Å²) in [5, 5.41) is 3.45. The highest BCUT2D eigenvalue weighted by Gasteiger charge is 2.18. The van der Waals surface area contributed by atoms with E-state index in [2.05, 4.69) is 33.9 Å². The number of hydrogen-bond donors (Lipinski definition) is 1. The smallest absolute Gasteiger partial charge is 0.0945 e. The van der Waals surface area contributed by atoms with Gasteiger partial charge in [-0.05, 0) is 26.4 Å². The van der Waals surface area contributed by atoms with Crippen molar-refractivity contribution >= 4 is 0 Å². The lowest BCUT2D eigenvalue weighted by atomic mass is 10.1. The molecule has 0 aliphatic carbocycles. The van der Waals surface area contributed by atoms with E-state index < -0.39 is 0 Å². The second kappa shape index (κ2) is 4.77. The van der Waals surface area contributed by atoms with Gasteiger partial charge in [0.1, 0.15) is 0 Å². The maximum atomic E-state index is 4.14. The van der Waals surface area contributed by atoms with E-state index in [0.717, 1.165) is 13.1 Å². The van der Waals surface area contributed by atoms with Gasteiger partial charge in [0, 0.05) is 32.4 Å². The van der Waals surface area contributed by atoms with Crippen LogP contribution >= 0.6 is 0 Å². The topological polar surface area (TPSA) is 33.1 Å². The van der Waals surface area contributed by atoms with Crippen LogP contribution in [-0.4, -0.2) is 40.6 Å². The summed E-state index contributed by atoms with van der Waals surface area (Å²) in [6.07, 6.45) is 6.41. The lowest BCUT2D eigenvalue weighted by molar-refractivity contribution is 0.192. The first-order valence-electron chi connectivity index (χ1n) is 5.63. The molecule has 4 heteroatoms. The number of rotatable bonds is 3. The van der Waals surface area contributed by atoms with Crippen molar-refractivity contribution in [3.63, 3.8) is 0 Å². The molecule has 2 rings (SSSR count). The molecule has 1 saturated heterocycles. The van der Waals surface area contributed by atoms with E-state index in [-0.39, 0.29) is 0 Å². The minimum atomic E-state index is 0.675. The molecule has 0 amide bonds. The Bertz CT molecular complexity index is 301. The van der Waals surface area contributed by atoms with E-state index in [9.17, 15) is 0 Å². The van der Waals surface area contributed by atoms with Crippen LogP contribution in [0.3, 0.4) is 0 Å². The van der Waals surface area contributed by atoms with Crippen molar-refractivity contribution in [3.8, 4) is 0 Å². The molecule has 0 bridgehead atoms. The molecular weight excluding hydrogens is 188 g/mol. The van der Waals surface area contributed by atoms with Crippen molar-refractivity contribution in [3.05, 3.63) is 18.2 Å². The second-order valence-corrected chi connectivity index (χ2v) is 4.41. The highest BCUT2D eigenvalue weighted by molar-refractivity contribution is 4.97. The third-order valence-corrected chi connectivity index (χ3v) is 3.22. The van der Waals surface area contributed by atoms with Gasteiger partial charge in [-0.15, -0.1) is 0 Å². The lowest BCUT2D eigenvalue weighted by Gasteiger charge is -2.31. The number of piperidine rings is 1. The molecule has 1 aliphatic rings. The fourth-order valence-electron chi connectivity index (χ4n) is 2.13. The van der Waals surface area contributed by atoms with Gasteiger partial charge in [-0.3, -0.25) is 4.90 Å². The van der Waals surface area contributed by atoms with Gasteiger partial charge in [-0.25, -0.2) is 4.98 Å². The fourth-order valence-corrected chi connectivity index (χ4v) is 2.13. The monoisotopic (exact) mass is 208 g/mol. The van der Waals surface area contributed by atoms with Crippen LogP contribution < -0.4 is 5.32 Å². The van der Waals surface area contributed by atoms with Gasteiger partial charge < -0.3 is 9.88 Å². The normalized spacial score (nSPS) is 22.2. The molecule has 0 radical (unpaired) electrons. The molecular formula is C11H20N4. The van der Waals surface area contributed by atoms with Crippen LogP contribution in [0.15, 0.2) is 12.5 Å². The minimum Gasteiger partial charge on any atom is -0.337 e. The predicted molar refractivity (Wildman–Crippen MR) is 60.6 cm³/mol. The number of nitrogens with one attached hydrogen (secondary N) is 1. The summed E-state index contributed by atoms with van der Waals surface area (Å²) in [4.78, 5) is 6.56. The van der Waals surface area contributed by atoms with Crippen LogP contribution in [0.1, 0.15) is 18.5 Å². The van der Waals surface area contributed by atoms with Crippen molar-refractivity contribution in [2.24, 2.45) is 7.05 Å². The van der Waals surface area contributed by atoms with Gasteiger partial charge in [-0.1, -0.05) is 0 Å². The molecule has 1 aromatic rings. The Kier molecular flexibility index (Phi) is 3.38. The predicted octanol–water partition coefficient (Wildman–Crippen LogP) is 0.604. The van der Waals surface area contributed by atoms with Crippen LogP contribution in [0.4, 0.5) is 0 Å². The maximum Gasteiger partial charge on any atom is 0.0945 e. The maximum absolute atomic E-state index is 4.14. The first-order valence-corrected chi connectivity index (χ1v) is 5.63. The van der Waals surface area contributed by atoms with Gasteiger partial charge in [0.2, 0.25) is 0 Å². The van der Waals surface area contributed by atoms with Crippen LogP contribution in [-0.2, 0) is 13.6 Å². The average molecular weight is 208 g/mol. The molecule has 1 fully saturated rings. The van der Waals surface area contributed by atoms with Crippen LogP contribution in [0.5, 0.6) is 0 Å². The van der Waals surface area contributed by atoms with Crippen LogP contribution in [0.25, 0.3) is 0 Å². The number of imidazole rings is 1. The van der Waals surface area contributed by atoms with Crippen molar-refractivity contribution in [1.29, 1.82) is 0 Å². The Balaban J connectivity index is 1.91. The summed E-state index contributed by atoms with van der Waals surface area (Å²) in [7, 11) is 4.25. The Morgan fingerprint density at radius 1 is 1.67 bits per heavy atom. The molecule has 1 N–H and O–H groups in total. The summed E-state index contributed by atoms with van der Waals surface area (Å²) < 4.78 is 2.09. The van der Waals surface area contributed by atoms with Gasteiger partial charge in [0.05, 0.1) is 12.0 Å². The third kappa shape index (κ3) is 2.58. The summed E-state index contributed by atoms with van der Waals surface area (Å²) >= 11 is 0. The van der Waals surface area contributed by atoms with Crippen LogP contribution in [0.2, 0.25) is 0 Å². The minimum absolute atomic E-state index is 0.675. The molecule has 1 unspecified atom stereocenters. The van der Waals surface area contributed by atoms with Gasteiger partial charge in [0.15, 0.2) is 0 Å². The summed E-state index contributed by atoms with van der Waals surface area (Å²) in [5.41, 5.74) is 1.28. The zero-order valence-corrected chi connectivity index (χ0v) is 9.61. The number of aryl methyl sites for hydroxylation is 1. The number of hydrogen-bond acceptors (Lipinski definition) is 3. The largest absolute Gasteiger partial charge is 0.337 e. The van der Waals surface area contributed by atoms with E-state index in [1.807, 2.05) is 12.5 Å². The number of likely N-dealkylation sites (N-methyl/N-ethyl adjacent to an activating group) is 1. The zero-order valence-electron chi connectivity index (χ0n) is 9.61. The molecule has 1 aromatic heterocycles. The van der Waals surface area contributed by atoms with Crippen molar-refractivity contribution in [1.82, 2.24) is 19.8 Å². The van der Waals surface area contributed by atoms with Crippen molar-refractivity contribution < 1.29 is 0 Å². The summed E-state index contributed by atoms with van der Waals surface area (Å²) in [6, 6.07) is 0.675. The fraction of sp³-hybridized carbons (Fsp3) is 0.727. The van der Waals surface area contributed by atoms with Crippen LogP contribution in [0, 0.1) is 0 Å². The van der Waals surface area contributed by atoms with E-state index in [1.54, 1.807) is 0 Å². The SMILES string of the molecule is CN(Cc1cncn1C)C1CCCNC1. The molecule has 15 heavy (non-hydrogen) atoms. The second-order valence-electron chi connectivity index (χ2n) is 4.41. The molecule has 4 nitrogen and oxygen atoms in total. The highest BCUT2D eigenvalue weighted by atomic mass is 15.2. The Hall–Kier alpha value is -0.870. The summed E-state index contributed by atoms with van der Waals surface area (Å²) in [6.45, 7) is 3.28. The molecule has 84 valence electrons. The molecule has 1 atom stereocenters. The standard InChI is InChI=1S/C11H20N4/c1-14(10-4-3-5-12-6-10)8-11-7-13-9-15(11)2/h7,9-10,12H,3-6,8H2,1-2H3. The Morgan fingerprint density at radius 3 is 3.13 bits per heavy atom. The molecule has 1 aliphatic heterocycles. The third-order valence-electron chi connectivity index (χ3n) is 3.22. The number of aromatic nitrogens is 2. The highest BCUT2D eigenvalue weighted by Crippen LogP contribution is 2.11. The van der Waals surface area contributed by atoms with Crippen molar-refractivity contribution in [2.75, 3.05) is 20.1 Å². The quantitative estimate of drug-likeness (QED) is 0.790. The van der Waals surface area contributed by atoms with E-state index in [1.165, 1.54) is 25.1 Å². The number of nitrogens with zero attached hydrogens (tertiary/aromatic N) is 3. The summed E-state index contributed by atoms with van der Waals surface area (Å²) in [5.74, 6) is 0. The Morgan fingerprint density at radius 2 is 2.53 bits per heavy atom. The van der Waals surface area contributed by atoms with E-state index in [4.69, 9.17) is 0 Å². The lowest BCUT2D eigenvalue weighted by Crippen LogP contribution is -2.43. The van der Waals surface area contributed by atoms with Gasteiger partial charge >= 0.3 is 0 Å². The molecule has 0 aromatic carbocycles. The van der Waals surface area contributed by atoms with Gasteiger partial charge in [-0.2, -0.15) is 0 Å². The first kappa shape index (κ1) is 10.6. The zero-order chi connectivity index (χ0) is 10.7. The molecule has 0 spiro atoms. The molecule has 2 heterocycles. The average Bonchev–Trinajstić information content (AvgIpc) is 2.66. The Labute approximate surface area is 91.3 Å².